The Bertz CT molecular complexity index is 336. The van der Waals surface area contributed by atoms with Crippen LogP contribution < -0.4 is 5.73 Å². The summed E-state index contributed by atoms with van der Waals surface area (Å²) in [5, 5.41) is 0. The number of hydrogen-bond acceptors (Lipinski definition) is 4. The molecule has 0 aliphatic heterocycles. The molecule has 1 unspecified atom stereocenters. The summed E-state index contributed by atoms with van der Waals surface area (Å²) >= 11 is 1.90. The van der Waals surface area contributed by atoms with Gasteiger partial charge in [-0.05, 0) is 59.2 Å². The van der Waals surface area contributed by atoms with Crippen LogP contribution in [0.3, 0.4) is 0 Å². The van der Waals surface area contributed by atoms with E-state index in [0.717, 1.165) is 19.5 Å². The Morgan fingerprint density at radius 2 is 1.94 bits per heavy atom. The highest BCUT2D eigenvalue weighted by Crippen LogP contribution is 2.26. The average molecular weight is 269 g/mol. The molecule has 0 spiro atoms. The average Bonchev–Trinajstić information content (AvgIpc) is 2.78. The van der Waals surface area contributed by atoms with E-state index in [9.17, 15) is 0 Å². The predicted octanol–water partition coefficient (Wildman–Crippen LogP) is 2.19. The first-order chi connectivity index (χ1) is 8.58. The van der Waals surface area contributed by atoms with Gasteiger partial charge in [0, 0.05) is 16.3 Å². The molecule has 0 bridgehead atoms. The van der Waals surface area contributed by atoms with Crippen LogP contribution in [-0.4, -0.2) is 50.6 Å². The van der Waals surface area contributed by atoms with Gasteiger partial charge in [0.05, 0.1) is 6.04 Å². The Morgan fingerprint density at radius 3 is 2.44 bits per heavy atom. The third kappa shape index (κ3) is 4.69. The molecule has 104 valence electrons. The van der Waals surface area contributed by atoms with Gasteiger partial charge in [-0.1, -0.05) is 6.92 Å². The highest BCUT2D eigenvalue weighted by atomic mass is 32.1. The summed E-state index contributed by atoms with van der Waals surface area (Å²) in [6.07, 6.45) is 2.30. The number of rotatable bonds is 8. The Morgan fingerprint density at radius 1 is 1.22 bits per heavy atom. The van der Waals surface area contributed by atoms with Crippen molar-refractivity contribution in [1.82, 2.24) is 9.80 Å². The first-order valence-electron chi connectivity index (χ1n) is 6.72. The minimum absolute atomic E-state index is 0.373. The van der Waals surface area contributed by atoms with Gasteiger partial charge >= 0.3 is 0 Å². The number of aryl methyl sites for hydroxylation is 1. The van der Waals surface area contributed by atoms with Crippen LogP contribution in [-0.2, 0) is 6.42 Å². The molecule has 4 heteroatoms. The summed E-state index contributed by atoms with van der Waals surface area (Å²) in [6, 6.07) is 4.84. The molecule has 0 fully saturated rings. The molecule has 0 aliphatic rings. The Hall–Kier alpha value is -0.420. The normalized spacial score (nSPS) is 13.5. The van der Waals surface area contributed by atoms with Crippen LogP contribution >= 0.6 is 11.3 Å². The van der Waals surface area contributed by atoms with Gasteiger partial charge in [-0.15, -0.1) is 11.3 Å². The van der Waals surface area contributed by atoms with Gasteiger partial charge in [-0.2, -0.15) is 0 Å². The lowest BCUT2D eigenvalue weighted by Gasteiger charge is -2.26. The third-order valence-corrected chi connectivity index (χ3v) is 4.56. The van der Waals surface area contributed by atoms with Crippen molar-refractivity contribution in [1.29, 1.82) is 0 Å². The number of thiophene rings is 1. The zero-order chi connectivity index (χ0) is 13.5. The lowest BCUT2D eigenvalue weighted by Crippen LogP contribution is -2.32. The van der Waals surface area contributed by atoms with Crippen molar-refractivity contribution in [3.63, 3.8) is 0 Å². The van der Waals surface area contributed by atoms with E-state index in [4.69, 9.17) is 5.73 Å². The smallest absolute Gasteiger partial charge is 0.0561 e. The minimum atomic E-state index is 0.373. The van der Waals surface area contributed by atoms with Gasteiger partial charge in [0.15, 0.2) is 0 Å². The zero-order valence-corrected chi connectivity index (χ0v) is 13.0. The molecule has 0 saturated heterocycles. The molecule has 1 aromatic rings. The number of nitrogens with zero attached hydrogens (tertiary/aromatic N) is 2. The van der Waals surface area contributed by atoms with E-state index >= 15 is 0 Å². The van der Waals surface area contributed by atoms with Crippen molar-refractivity contribution in [2.24, 2.45) is 5.73 Å². The summed E-state index contributed by atoms with van der Waals surface area (Å²) < 4.78 is 0. The molecule has 3 nitrogen and oxygen atoms in total. The first kappa shape index (κ1) is 15.6. The van der Waals surface area contributed by atoms with E-state index in [0.29, 0.717) is 12.6 Å². The molecule has 0 radical (unpaired) electrons. The zero-order valence-electron chi connectivity index (χ0n) is 12.1. The lowest BCUT2D eigenvalue weighted by atomic mass is 10.2. The number of hydrogen-bond donors (Lipinski definition) is 1. The summed E-state index contributed by atoms with van der Waals surface area (Å²) in [5.74, 6) is 0. The molecule has 0 aliphatic carbocycles. The topological polar surface area (TPSA) is 32.5 Å². The summed E-state index contributed by atoms with van der Waals surface area (Å²) in [6.45, 7) is 5.13. The van der Waals surface area contributed by atoms with Gasteiger partial charge < -0.3 is 10.6 Å². The summed E-state index contributed by atoms with van der Waals surface area (Å²) in [4.78, 5) is 7.47. The van der Waals surface area contributed by atoms with E-state index in [2.05, 4.69) is 50.0 Å². The highest BCUT2D eigenvalue weighted by Gasteiger charge is 2.16. The van der Waals surface area contributed by atoms with Crippen molar-refractivity contribution < 1.29 is 0 Å². The molecule has 1 heterocycles. The number of nitrogens with two attached hydrogens (primary N) is 1. The molecule has 0 amide bonds. The van der Waals surface area contributed by atoms with Crippen LogP contribution in [0.4, 0.5) is 0 Å². The van der Waals surface area contributed by atoms with Gasteiger partial charge in [0.2, 0.25) is 0 Å². The van der Waals surface area contributed by atoms with Crippen molar-refractivity contribution >= 4 is 11.3 Å². The van der Waals surface area contributed by atoms with Crippen LogP contribution in [0.2, 0.25) is 0 Å². The SMILES string of the molecule is CCc1ccc(C(CN)N(C)CCCN(C)C)s1. The maximum Gasteiger partial charge on any atom is 0.0561 e. The molecule has 2 N–H and O–H groups in total. The fourth-order valence-electron chi connectivity index (χ4n) is 2.07. The van der Waals surface area contributed by atoms with Crippen LogP contribution in [0, 0.1) is 0 Å². The molecule has 1 atom stereocenters. The molecule has 18 heavy (non-hydrogen) atoms. The Kier molecular flexibility index (Phi) is 6.86. The first-order valence-corrected chi connectivity index (χ1v) is 7.53. The fraction of sp³-hybridized carbons (Fsp3) is 0.714. The second kappa shape index (κ2) is 7.89. The maximum absolute atomic E-state index is 5.94. The van der Waals surface area contributed by atoms with Gasteiger partial charge in [-0.25, -0.2) is 0 Å². The van der Waals surface area contributed by atoms with Gasteiger partial charge in [-0.3, -0.25) is 4.90 Å². The predicted molar refractivity (Wildman–Crippen MR) is 81.3 cm³/mol. The van der Waals surface area contributed by atoms with Crippen molar-refractivity contribution in [2.75, 3.05) is 40.8 Å². The third-order valence-electron chi connectivity index (χ3n) is 3.23. The van der Waals surface area contributed by atoms with E-state index in [1.165, 1.54) is 16.2 Å². The molecular formula is C14H27N3S. The van der Waals surface area contributed by atoms with Crippen LogP contribution in [0.25, 0.3) is 0 Å². The van der Waals surface area contributed by atoms with Gasteiger partial charge in [0.25, 0.3) is 0 Å². The maximum atomic E-state index is 5.94. The molecular weight excluding hydrogens is 242 g/mol. The fourth-order valence-corrected chi connectivity index (χ4v) is 3.20. The second-order valence-corrected chi connectivity index (χ2v) is 6.25. The summed E-state index contributed by atoms with van der Waals surface area (Å²) in [7, 11) is 6.42. The monoisotopic (exact) mass is 269 g/mol. The van der Waals surface area contributed by atoms with Crippen LogP contribution in [0.1, 0.15) is 29.1 Å². The molecule has 0 saturated carbocycles. The molecule has 1 aromatic heterocycles. The minimum Gasteiger partial charge on any atom is -0.329 e. The second-order valence-electron chi connectivity index (χ2n) is 5.05. The van der Waals surface area contributed by atoms with Crippen LogP contribution in [0.5, 0.6) is 0 Å². The van der Waals surface area contributed by atoms with Crippen molar-refractivity contribution in [3.05, 3.63) is 21.9 Å². The van der Waals surface area contributed by atoms with Crippen molar-refractivity contribution in [3.8, 4) is 0 Å². The number of likely N-dealkylation sites (N-methyl/N-ethyl adjacent to an activating group) is 1. The molecule has 0 aromatic carbocycles. The Balaban J connectivity index is 2.53. The lowest BCUT2D eigenvalue weighted by molar-refractivity contribution is 0.238. The largest absolute Gasteiger partial charge is 0.329 e. The van der Waals surface area contributed by atoms with E-state index in [-0.39, 0.29) is 0 Å². The quantitative estimate of drug-likeness (QED) is 0.785. The highest BCUT2D eigenvalue weighted by molar-refractivity contribution is 7.12. The van der Waals surface area contributed by atoms with Crippen LogP contribution in [0.15, 0.2) is 12.1 Å². The van der Waals surface area contributed by atoms with Crippen molar-refractivity contribution in [2.45, 2.75) is 25.8 Å². The van der Waals surface area contributed by atoms with E-state index in [1.807, 2.05) is 11.3 Å². The summed E-state index contributed by atoms with van der Waals surface area (Å²) in [5.41, 5.74) is 5.94. The molecule has 1 rings (SSSR count). The van der Waals surface area contributed by atoms with E-state index in [1.54, 1.807) is 0 Å². The van der Waals surface area contributed by atoms with Gasteiger partial charge in [0.1, 0.15) is 0 Å². The Labute approximate surface area is 116 Å². The standard InChI is InChI=1S/C14H27N3S/c1-5-12-7-8-14(18-12)13(11-15)17(4)10-6-9-16(2)3/h7-8,13H,5-6,9-11,15H2,1-4H3. The van der Waals surface area contributed by atoms with E-state index < -0.39 is 0 Å².